The van der Waals surface area contributed by atoms with Crippen LogP contribution in [-0.4, -0.2) is 49.1 Å². The topological polar surface area (TPSA) is 41.6 Å². The van der Waals surface area contributed by atoms with Crippen molar-refractivity contribution in [3.05, 3.63) is 28.2 Å². The first-order valence-corrected chi connectivity index (χ1v) is 9.07. The molecule has 1 heterocycles. The number of nitrogens with zero attached hydrogens (tertiary/aromatic N) is 1. The van der Waals surface area contributed by atoms with Gasteiger partial charge in [0, 0.05) is 60.1 Å². The Labute approximate surface area is 131 Å². The van der Waals surface area contributed by atoms with E-state index in [4.69, 9.17) is 4.74 Å². The van der Waals surface area contributed by atoms with Crippen LogP contribution in [0.25, 0.3) is 0 Å². The summed E-state index contributed by atoms with van der Waals surface area (Å²) < 4.78 is 17.5. The normalized spacial score (nSPS) is 16.6. The Kier molecular flexibility index (Phi) is 6.48. The quantitative estimate of drug-likeness (QED) is 0.784. The number of methoxy groups -OCH3 is 1. The van der Waals surface area contributed by atoms with Crippen molar-refractivity contribution in [1.29, 1.82) is 0 Å². The lowest BCUT2D eigenvalue weighted by atomic mass is 10.2. The highest BCUT2D eigenvalue weighted by Crippen LogP contribution is 2.28. The van der Waals surface area contributed by atoms with E-state index in [1.807, 2.05) is 0 Å². The number of anilines is 1. The van der Waals surface area contributed by atoms with Crippen LogP contribution in [0.3, 0.4) is 0 Å². The fourth-order valence-electron chi connectivity index (χ4n) is 2.20. The summed E-state index contributed by atoms with van der Waals surface area (Å²) in [6.07, 6.45) is 0. The second-order valence-electron chi connectivity index (χ2n) is 4.79. The van der Waals surface area contributed by atoms with Gasteiger partial charge in [-0.2, -0.15) is 0 Å². The predicted molar refractivity (Wildman–Crippen MR) is 87.8 cm³/mol. The summed E-state index contributed by atoms with van der Waals surface area (Å²) >= 11 is 3.65. The zero-order valence-electron chi connectivity index (χ0n) is 11.7. The van der Waals surface area contributed by atoms with Gasteiger partial charge in [-0.1, -0.05) is 6.07 Å². The van der Waals surface area contributed by atoms with Gasteiger partial charge in [0.2, 0.25) is 0 Å². The first kappa shape index (κ1) is 15.9. The van der Waals surface area contributed by atoms with Crippen molar-refractivity contribution in [3.63, 3.8) is 0 Å². The van der Waals surface area contributed by atoms with E-state index in [1.54, 1.807) is 7.11 Å². The zero-order valence-corrected chi connectivity index (χ0v) is 14.1. The second kappa shape index (κ2) is 8.12. The Morgan fingerprint density at radius 1 is 1.40 bits per heavy atom. The SMILES string of the molecule is COCCNCc1ccc(N2CCS(=O)CC2)c(Br)c1. The molecular weight excluding hydrogens is 340 g/mol. The standard InChI is InChI=1S/C14H21BrN2O2S/c1-19-7-4-16-11-12-2-3-14(13(15)10-12)17-5-8-20(18)9-6-17/h2-3,10,16H,4-9,11H2,1H3. The maximum Gasteiger partial charge on any atom is 0.0587 e. The molecule has 0 aliphatic carbocycles. The summed E-state index contributed by atoms with van der Waals surface area (Å²) in [6, 6.07) is 6.44. The number of hydrogen-bond donors (Lipinski definition) is 1. The van der Waals surface area contributed by atoms with Crippen molar-refractivity contribution in [2.75, 3.05) is 49.8 Å². The molecule has 20 heavy (non-hydrogen) atoms. The van der Waals surface area contributed by atoms with Crippen molar-refractivity contribution >= 4 is 32.4 Å². The van der Waals surface area contributed by atoms with Crippen molar-refractivity contribution in [1.82, 2.24) is 5.32 Å². The highest BCUT2D eigenvalue weighted by Gasteiger charge is 2.17. The van der Waals surface area contributed by atoms with E-state index < -0.39 is 10.8 Å². The molecule has 1 aromatic carbocycles. The molecule has 1 aliphatic rings. The zero-order chi connectivity index (χ0) is 14.4. The number of hydrogen-bond acceptors (Lipinski definition) is 4. The molecule has 0 spiro atoms. The molecule has 0 amide bonds. The average molecular weight is 361 g/mol. The van der Waals surface area contributed by atoms with Crippen LogP contribution in [-0.2, 0) is 22.1 Å². The van der Waals surface area contributed by atoms with Crippen LogP contribution >= 0.6 is 15.9 Å². The molecule has 0 unspecified atom stereocenters. The summed E-state index contributed by atoms with van der Waals surface area (Å²) in [7, 11) is 1.08. The molecule has 1 aliphatic heterocycles. The highest BCUT2D eigenvalue weighted by atomic mass is 79.9. The maximum absolute atomic E-state index is 11.4. The van der Waals surface area contributed by atoms with E-state index in [0.717, 1.165) is 48.8 Å². The first-order valence-electron chi connectivity index (χ1n) is 6.78. The van der Waals surface area contributed by atoms with Gasteiger partial charge >= 0.3 is 0 Å². The summed E-state index contributed by atoms with van der Waals surface area (Å²) in [4.78, 5) is 2.30. The molecule has 0 radical (unpaired) electrons. The van der Waals surface area contributed by atoms with Crippen molar-refractivity contribution in [2.24, 2.45) is 0 Å². The average Bonchev–Trinajstić information content (AvgIpc) is 2.45. The Hall–Kier alpha value is -0.430. The summed E-state index contributed by atoms with van der Waals surface area (Å²) in [5.41, 5.74) is 2.44. The van der Waals surface area contributed by atoms with Crippen LogP contribution in [0, 0.1) is 0 Å². The van der Waals surface area contributed by atoms with E-state index >= 15 is 0 Å². The summed E-state index contributed by atoms with van der Waals surface area (Å²) in [5, 5.41) is 3.33. The minimum absolute atomic E-state index is 0.631. The van der Waals surface area contributed by atoms with Gasteiger partial charge in [0.15, 0.2) is 0 Å². The third kappa shape index (κ3) is 4.55. The highest BCUT2D eigenvalue weighted by molar-refractivity contribution is 9.10. The van der Waals surface area contributed by atoms with E-state index in [9.17, 15) is 4.21 Å². The third-order valence-electron chi connectivity index (χ3n) is 3.34. The van der Waals surface area contributed by atoms with Gasteiger partial charge < -0.3 is 15.0 Å². The number of benzene rings is 1. The summed E-state index contributed by atoms with van der Waals surface area (Å²) in [6.45, 7) is 4.16. The van der Waals surface area contributed by atoms with Gasteiger partial charge in [0.05, 0.1) is 12.3 Å². The van der Waals surface area contributed by atoms with Crippen LogP contribution in [0.2, 0.25) is 0 Å². The lowest BCUT2D eigenvalue weighted by molar-refractivity contribution is 0.199. The monoisotopic (exact) mass is 360 g/mol. The Balaban J connectivity index is 1.93. The van der Waals surface area contributed by atoms with E-state index in [-0.39, 0.29) is 0 Å². The predicted octanol–water partition coefficient (Wildman–Crippen LogP) is 1.75. The first-order chi connectivity index (χ1) is 9.70. The van der Waals surface area contributed by atoms with E-state index in [2.05, 4.69) is 44.3 Å². The van der Waals surface area contributed by atoms with Gasteiger partial charge in [-0.25, -0.2) is 0 Å². The Morgan fingerprint density at radius 2 is 2.15 bits per heavy atom. The van der Waals surface area contributed by atoms with Gasteiger partial charge in [0.1, 0.15) is 0 Å². The minimum Gasteiger partial charge on any atom is -0.383 e. The van der Waals surface area contributed by atoms with E-state index in [1.165, 1.54) is 11.3 Å². The molecule has 112 valence electrons. The van der Waals surface area contributed by atoms with Crippen molar-refractivity contribution in [3.8, 4) is 0 Å². The molecule has 0 aromatic heterocycles. The molecule has 1 N–H and O–H groups in total. The third-order valence-corrected chi connectivity index (χ3v) is 5.25. The number of halogens is 1. The van der Waals surface area contributed by atoms with Crippen LogP contribution in [0.15, 0.2) is 22.7 Å². The molecular formula is C14H21BrN2O2S. The van der Waals surface area contributed by atoms with Gasteiger partial charge in [-0.05, 0) is 33.6 Å². The molecule has 0 bridgehead atoms. The summed E-state index contributed by atoms with van der Waals surface area (Å²) in [5.74, 6) is 1.54. The molecule has 1 fully saturated rings. The van der Waals surface area contributed by atoms with Crippen molar-refractivity contribution < 1.29 is 8.95 Å². The number of nitrogens with one attached hydrogen (secondary N) is 1. The fourth-order valence-corrected chi connectivity index (χ4v) is 3.93. The largest absolute Gasteiger partial charge is 0.383 e. The van der Waals surface area contributed by atoms with Gasteiger partial charge in [-0.3, -0.25) is 4.21 Å². The van der Waals surface area contributed by atoms with Crippen LogP contribution in [0.1, 0.15) is 5.56 Å². The molecule has 1 aromatic rings. The molecule has 0 atom stereocenters. The van der Waals surface area contributed by atoms with Crippen LogP contribution in [0.5, 0.6) is 0 Å². The fraction of sp³-hybridized carbons (Fsp3) is 0.571. The van der Waals surface area contributed by atoms with Gasteiger partial charge in [-0.15, -0.1) is 0 Å². The van der Waals surface area contributed by atoms with Crippen LogP contribution in [0.4, 0.5) is 5.69 Å². The molecule has 1 saturated heterocycles. The molecule has 4 nitrogen and oxygen atoms in total. The van der Waals surface area contributed by atoms with E-state index in [0.29, 0.717) is 0 Å². The van der Waals surface area contributed by atoms with Crippen LogP contribution < -0.4 is 10.2 Å². The lowest BCUT2D eigenvalue weighted by Gasteiger charge is -2.29. The smallest absolute Gasteiger partial charge is 0.0587 e. The molecule has 2 rings (SSSR count). The minimum atomic E-state index is -0.631. The second-order valence-corrected chi connectivity index (χ2v) is 7.34. The molecule has 0 saturated carbocycles. The number of rotatable bonds is 6. The lowest BCUT2D eigenvalue weighted by Crippen LogP contribution is -2.37. The molecule has 6 heteroatoms. The Morgan fingerprint density at radius 3 is 2.80 bits per heavy atom. The van der Waals surface area contributed by atoms with Crippen molar-refractivity contribution in [2.45, 2.75) is 6.54 Å². The maximum atomic E-state index is 11.4. The Bertz CT molecular complexity index is 460. The number of ether oxygens (including phenoxy) is 1. The van der Waals surface area contributed by atoms with Gasteiger partial charge in [0.25, 0.3) is 0 Å².